The van der Waals surface area contributed by atoms with Crippen LogP contribution in [-0.4, -0.2) is 23.7 Å². The van der Waals surface area contributed by atoms with Gasteiger partial charge in [0.05, 0.1) is 0 Å². The molecular formula is C10H12BrFN2O2. The largest absolute Gasteiger partial charge is 0.382 e. The van der Waals surface area contributed by atoms with Crippen LogP contribution in [0.2, 0.25) is 0 Å². The van der Waals surface area contributed by atoms with Crippen molar-refractivity contribution in [3.63, 3.8) is 0 Å². The smallest absolute Gasteiger partial charge is 0.247 e. The van der Waals surface area contributed by atoms with Crippen molar-refractivity contribution in [2.45, 2.75) is 12.6 Å². The number of hydrogen-bond donors (Lipinski definition) is 3. The molecule has 0 saturated heterocycles. The molecule has 0 aliphatic heterocycles. The van der Waals surface area contributed by atoms with Crippen LogP contribution in [-0.2, 0) is 11.3 Å². The fourth-order valence-electron chi connectivity index (χ4n) is 1.11. The summed E-state index contributed by atoms with van der Waals surface area (Å²) in [5.41, 5.74) is 5.71. The van der Waals surface area contributed by atoms with E-state index in [0.29, 0.717) is 11.0 Å². The number of amides is 1. The van der Waals surface area contributed by atoms with Gasteiger partial charge in [0.2, 0.25) is 5.91 Å². The maximum Gasteiger partial charge on any atom is 0.247 e. The lowest BCUT2D eigenvalue weighted by Gasteiger charge is -2.09. The molecule has 4 nitrogen and oxygen atoms in total. The number of hydrogen-bond acceptors (Lipinski definition) is 3. The molecule has 0 aliphatic carbocycles. The van der Waals surface area contributed by atoms with E-state index in [-0.39, 0.29) is 12.4 Å². The first-order chi connectivity index (χ1) is 7.50. The van der Waals surface area contributed by atoms with Crippen molar-refractivity contribution in [2.24, 2.45) is 5.73 Å². The average molecular weight is 291 g/mol. The van der Waals surface area contributed by atoms with Crippen molar-refractivity contribution in [2.75, 3.05) is 6.54 Å². The summed E-state index contributed by atoms with van der Waals surface area (Å²) < 4.78 is 13.4. The van der Waals surface area contributed by atoms with Gasteiger partial charge in [-0.05, 0) is 17.7 Å². The number of aliphatic hydroxyl groups is 1. The van der Waals surface area contributed by atoms with Crippen molar-refractivity contribution >= 4 is 21.8 Å². The van der Waals surface area contributed by atoms with Gasteiger partial charge in [0.1, 0.15) is 11.9 Å². The van der Waals surface area contributed by atoms with E-state index in [2.05, 4.69) is 21.2 Å². The Bertz CT molecular complexity index is 387. The molecule has 1 amide bonds. The second kappa shape index (κ2) is 5.93. The number of rotatable bonds is 5. The molecule has 0 bridgehead atoms. The third-order valence-corrected chi connectivity index (χ3v) is 2.73. The van der Waals surface area contributed by atoms with E-state index >= 15 is 0 Å². The van der Waals surface area contributed by atoms with Gasteiger partial charge in [-0.2, -0.15) is 0 Å². The van der Waals surface area contributed by atoms with Gasteiger partial charge in [0, 0.05) is 17.6 Å². The second-order valence-corrected chi connectivity index (χ2v) is 4.14. The van der Waals surface area contributed by atoms with Gasteiger partial charge in [-0.15, -0.1) is 0 Å². The number of carbonyl (C=O) groups excluding carboxylic acids is 1. The zero-order valence-electron chi connectivity index (χ0n) is 8.41. The Morgan fingerprint density at radius 3 is 2.88 bits per heavy atom. The highest BCUT2D eigenvalue weighted by Gasteiger charge is 2.10. The summed E-state index contributed by atoms with van der Waals surface area (Å²) in [4.78, 5) is 10.5. The monoisotopic (exact) mass is 290 g/mol. The Kier molecular flexibility index (Phi) is 4.85. The van der Waals surface area contributed by atoms with Crippen molar-refractivity contribution < 1.29 is 14.3 Å². The Labute approximate surface area is 101 Å². The molecular weight excluding hydrogens is 279 g/mol. The van der Waals surface area contributed by atoms with Gasteiger partial charge in [-0.1, -0.05) is 22.0 Å². The number of carbonyl (C=O) groups is 1. The van der Waals surface area contributed by atoms with Crippen LogP contribution < -0.4 is 11.1 Å². The average Bonchev–Trinajstić information content (AvgIpc) is 2.20. The van der Waals surface area contributed by atoms with E-state index in [9.17, 15) is 9.18 Å². The summed E-state index contributed by atoms with van der Waals surface area (Å²) in [5, 5.41) is 11.9. The van der Waals surface area contributed by atoms with Crippen molar-refractivity contribution in [3.05, 3.63) is 34.1 Å². The van der Waals surface area contributed by atoms with Crippen molar-refractivity contribution in [1.29, 1.82) is 0 Å². The maximum absolute atomic E-state index is 12.8. The van der Waals surface area contributed by atoms with Crippen LogP contribution >= 0.6 is 15.9 Å². The molecule has 4 N–H and O–H groups in total. The predicted molar refractivity (Wildman–Crippen MR) is 61.0 cm³/mol. The summed E-state index contributed by atoms with van der Waals surface area (Å²) in [5.74, 6) is -1.10. The Hall–Kier alpha value is -0.980. The van der Waals surface area contributed by atoms with E-state index in [4.69, 9.17) is 10.8 Å². The standard InChI is InChI=1S/C10H12BrFN2O2/c11-8-3-7(12)2-1-6(8)4-14-5-9(15)10(13)16/h1-3,9,14-15H,4-5H2,(H2,13,16). The molecule has 88 valence electrons. The Balaban J connectivity index is 2.46. The number of aliphatic hydroxyl groups excluding tert-OH is 1. The first-order valence-corrected chi connectivity index (χ1v) is 5.42. The lowest BCUT2D eigenvalue weighted by atomic mass is 10.2. The maximum atomic E-state index is 12.8. The fourth-order valence-corrected chi connectivity index (χ4v) is 1.60. The second-order valence-electron chi connectivity index (χ2n) is 3.28. The highest BCUT2D eigenvalue weighted by molar-refractivity contribution is 9.10. The summed E-state index contributed by atoms with van der Waals surface area (Å²) in [6.45, 7) is 0.477. The number of nitrogens with one attached hydrogen (secondary N) is 1. The molecule has 0 spiro atoms. The number of benzene rings is 1. The molecule has 1 unspecified atom stereocenters. The van der Waals surface area contributed by atoms with Crippen LogP contribution in [0.15, 0.2) is 22.7 Å². The van der Waals surface area contributed by atoms with Crippen LogP contribution in [0.1, 0.15) is 5.56 Å². The highest BCUT2D eigenvalue weighted by Crippen LogP contribution is 2.17. The minimum absolute atomic E-state index is 0.0686. The van der Waals surface area contributed by atoms with Gasteiger partial charge in [-0.25, -0.2) is 4.39 Å². The number of halogens is 2. The number of nitrogens with two attached hydrogens (primary N) is 1. The highest BCUT2D eigenvalue weighted by atomic mass is 79.9. The molecule has 0 fully saturated rings. The van der Waals surface area contributed by atoms with Crippen LogP contribution in [0.3, 0.4) is 0 Å². The van der Waals surface area contributed by atoms with Crippen LogP contribution in [0, 0.1) is 5.82 Å². The Morgan fingerprint density at radius 2 is 2.31 bits per heavy atom. The van der Waals surface area contributed by atoms with Gasteiger partial charge in [0.25, 0.3) is 0 Å². The van der Waals surface area contributed by atoms with E-state index in [0.717, 1.165) is 5.56 Å². The van der Waals surface area contributed by atoms with Gasteiger partial charge in [0.15, 0.2) is 0 Å². The molecule has 0 radical (unpaired) electrons. The van der Waals surface area contributed by atoms with Gasteiger partial charge in [-0.3, -0.25) is 4.79 Å². The summed E-state index contributed by atoms with van der Waals surface area (Å²) >= 11 is 3.21. The van der Waals surface area contributed by atoms with Crippen molar-refractivity contribution in [1.82, 2.24) is 5.32 Å². The predicted octanol–water partition coefficient (Wildman–Crippen LogP) is 0.524. The first kappa shape index (κ1) is 13.1. The zero-order valence-corrected chi connectivity index (χ0v) is 10.00. The molecule has 0 aliphatic rings. The topological polar surface area (TPSA) is 75.4 Å². The van der Waals surface area contributed by atoms with Gasteiger partial charge < -0.3 is 16.2 Å². The molecule has 0 aromatic heterocycles. The third-order valence-electron chi connectivity index (χ3n) is 2.00. The fraction of sp³-hybridized carbons (Fsp3) is 0.300. The van der Waals surface area contributed by atoms with E-state index in [1.807, 2.05) is 0 Å². The van der Waals surface area contributed by atoms with Gasteiger partial charge >= 0.3 is 0 Å². The van der Waals surface area contributed by atoms with E-state index < -0.39 is 12.0 Å². The molecule has 0 saturated carbocycles. The van der Waals surface area contributed by atoms with Crippen LogP contribution in [0.25, 0.3) is 0 Å². The quantitative estimate of drug-likeness (QED) is 0.740. The molecule has 0 heterocycles. The van der Waals surface area contributed by atoms with E-state index in [1.165, 1.54) is 12.1 Å². The summed E-state index contributed by atoms with van der Waals surface area (Å²) in [6, 6.07) is 4.30. The van der Waals surface area contributed by atoms with Crippen LogP contribution in [0.4, 0.5) is 4.39 Å². The lowest BCUT2D eigenvalue weighted by Crippen LogP contribution is -2.37. The van der Waals surface area contributed by atoms with Crippen molar-refractivity contribution in [3.8, 4) is 0 Å². The summed E-state index contributed by atoms with van der Waals surface area (Å²) in [7, 11) is 0. The normalized spacial score (nSPS) is 12.4. The molecule has 1 aromatic carbocycles. The zero-order chi connectivity index (χ0) is 12.1. The van der Waals surface area contributed by atoms with E-state index in [1.54, 1.807) is 6.07 Å². The molecule has 1 rings (SSSR count). The first-order valence-electron chi connectivity index (χ1n) is 4.62. The summed E-state index contributed by atoms with van der Waals surface area (Å²) in [6.07, 6.45) is -1.21. The minimum Gasteiger partial charge on any atom is -0.382 e. The third kappa shape index (κ3) is 3.88. The minimum atomic E-state index is -1.21. The molecule has 6 heteroatoms. The molecule has 1 atom stereocenters. The lowest BCUT2D eigenvalue weighted by molar-refractivity contribution is -0.125. The van der Waals surface area contributed by atoms with Crippen LogP contribution in [0.5, 0.6) is 0 Å². The Morgan fingerprint density at radius 1 is 1.62 bits per heavy atom. The molecule has 1 aromatic rings. The molecule has 16 heavy (non-hydrogen) atoms. The SMILES string of the molecule is NC(=O)C(O)CNCc1ccc(F)cc1Br. The number of primary amides is 1.